The van der Waals surface area contributed by atoms with Gasteiger partial charge in [-0.2, -0.15) is 0 Å². The number of piperidine rings is 1. The zero-order valence-corrected chi connectivity index (χ0v) is 19.8. The molecule has 32 heavy (non-hydrogen) atoms. The van der Waals surface area contributed by atoms with E-state index in [1.165, 1.54) is 0 Å². The molecule has 5 atom stereocenters. The largest absolute Gasteiger partial charge is 0.393 e. The molecular weight excluding hydrogens is 428 g/mol. The van der Waals surface area contributed by atoms with E-state index in [2.05, 4.69) is 5.32 Å². The summed E-state index contributed by atoms with van der Waals surface area (Å²) in [4.78, 5) is 28.0. The Morgan fingerprint density at radius 1 is 1.12 bits per heavy atom. The van der Waals surface area contributed by atoms with Crippen molar-refractivity contribution in [3.63, 3.8) is 0 Å². The fraction of sp³-hybridized carbons (Fsp3) is 0.680. The molecule has 3 N–H and O–H groups in total. The van der Waals surface area contributed by atoms with Crippen molar-refractivity contribution in [2.75, 3.05) is 13.1 Å². The minimum atomic E-state index is -1.04. The van der Waals surface area contributed by atoms with Crippen LogP contribution in [0.3, 0.4) is 0 Å². The van der Waals surface area contributed by atoms with E-state index in [9.17, 15) is 19.8 Å². The van der Waals surface area contributed by atoms with Gasteiger partial charge in [-0.15, -0.1) is 0 Å². The third-order valence-corrected chi connectivity index (χ3v) is 8.27. The van der Waals surface area contributed by atoms with Crippen LogP contribution < -0.4 is 5.32 Å². The van der Waals surface area contributed by atoms with Crippen molar-refractivity contribution in [3.05, 3.63) is 34.9 Å². The van der Waals surface area contributed by atoms with E-state index in [1.807, 2.05) is 30.9 Å². The van der Waals surface area contributed by atoms with Crippen molar-refractivity contribution in [1.82, 2.24) is 10.2 Å². The molecule has 7 heteroatoms. The predicted molar refractivity (Wildman–Crippen MR) is 123 cm³/mol. The average Bonchev–Trinajstić information content (AvgIpc) is 3.39. The van der Waals surface area contributed by atoms with Crippen LogP contribution in [0.25, 0.3) is 0 Å². The van der Waals surface area contributed by atoms with E-state index >= 15 is 0 Å². The number of rotatable bonds is 4. The molecule has 1 heterocycles. The second-order valence-corrected chi connectivity index (χ2v) is 11.0. The van der Waals surface area contributed by atoms with Crippen LogP contribution in [-0.2, 0) is 15.2 Å². The van der Waals surface area contributed by atoms with E-state index in [0.29, 0.717) is 43.8 Å². The molecule has 0 spiro atoms. The highest BCUT2D eigenvalue weighted by Crippen LogP contribution is 2.46. The van der Waals surface area contributed by atoms with Gasteiger partial charge in [0.25, 0.3) is 0 Å². The van der Waals surface area contributed by atoms with Crippen LogP contribution >= 0.6 is 11.6 Å². The topological polar surface area (TPSA) is 89.9 Å². The highest BCUT2D eigenvalue weighted by molar-refractivity contribution is 6.30. The monoisotopic (exact) mass is 462 g/mol. The van der Waals surface area contributed by atoms with Crippen molar-refractivity contribution in [1.29, 1.82) is 0 Å². The summed E-state index contributed by atoms with van der Waals surface area (Å²) < 4.78 is 0. The van der Waals surface area contributed by atoms with E-state index < -0.39 is 11.0 Å². The van der Waals surface area contributed by atoms with E-state index in [4.69, 9.17) is 11.6 Å². The fourth-order valence-corrected chi connectivity index (χ4v) is 6.06. The maximum absolute atomic E-state index is 13.5. The van der Waals surface area contributed by atoms with Gasteiger partial charge in [-0.05, 0) is 56.2 Å². The molecule has 3 fully saturated rings. The first kappa shape index (κ1) is 23.5. The van der Waals surface area contributed by atoms with Gasteiger partial charge in [0.1, 0.15) is 0 Å². The minimum absolute atomic E-state index is 0.0256. The van der Waals surface area contributed by atoms with Crippen LogP contribution in [0.15, 0.2) is 24.3 Å². The Labute approximate surface area is 195 Å². The summed E-state index contributed by atoms with van der Waals surface area (Å²) in [6.45, 7) is 4.94. The molecule has 0 radical (unpaired) electrons. The maximum Gasteiger partial charge on any atom is 0.227 e. The number of aliphatic hydroxyl groups is 2. The van der Waals surface area contributed by atoms with Gasteiger partial charge in [0.2, 0.25) is 11.8 Å². The SMILES string of the molecule is CC1(C)CN(C(=O)[C@H]2CCC[C@H]2NC(=O)[C@@H]2CC[C@H](O)C2)CC[C@]1(O)c1ccc(Cl)cc1. The third-order valence-electron chi connectivity index (χ3n) is 8.02. The molecule has 6 nitrogen and oxygen atoms in total. The molecule has 176 valence electrons. The van der Waals surface area contributed by atoms with Crippen LogP contribution in [0.2, 0.25) is 5.02 Å². The molecule has 2 aliphatic carbocycles. The number of benzene rings is 1. The lowest BCUT2D eigenvalue weighted by Crippen LogP contribution is -2.58. The van der Waals surface area contributed by atoms with Gasteiger partial charge < -0.3 is 20.4 Å². The fourth-order valence-electron chi connectivity index (χ4n) is 5.93. The lowest BCUT2D eigenvalue weighted by atomic mass is 9.66. The Hall–Kier alpha value is -1.63. The lowest BCUT2D eigenvalue weighted by molar-refractivity contribution is -0.157. The number of nitrogens with one attached hydrogen (secondary N) is 1. The summed E-state index contributed by atoms with van der Waals surface area (Å²) in [5, 5.41) is 25.1. The standard InChI is InChI=1S/C25H35ClN2O4/c1-24(2)15-28(13-12-25(24,32)17-7-9-18(26)10-8-17)23(31)20-4-3-5-21(20)27-22(30)16-6-11-19(29)14-16/h7-10,16,19-21,29,32H,3-6,11-15H2,1-2H3,(H,27,30)/t16-,19+,20+,21-,25+/m1/s1. The summed E-state index contributed by atoms with van der Waals surface area (Å²) in [7, 11) is 0. The zero-order chi connectivity index (χ0) is 23.1. The normalized spacial score (nSPS) is 34.5. The van der Waals surface area contributed by atoms with Crippen LogP contribution in [0.4, 0.5) is 0 Å². The second-order valence-electron chi connectivity index (χ2n) is 10.6. The summed E-state index contributed by atoms with van der Waals surface area (Å²) in [6, 6.07) is 7.16. The van der Waals surface area contributed by atoms with Crippen LogP contribution in [0.5, 0.6) is 0 Å². The van der Waals surface area contributed by atoms with Crippen molar-refractivity contribution in [2.45, 2.75) is 76.5 Å². The molecule has 0 unspecified atom stereocenters. The molecule has 0 aromatic heterocycles. The number of nitrogens with zero attached hydrogens (tertiary/aromatic N) is 1. The molecule has 4 rings (SSSR count). The first-order valence-electron chi connectivity index (χ1n) is 11.9. The number of hydrogen-bond acceptors (Lipinski definition) is 4. The van der Waals surface area contributed by atoms with Gasteiger partial charge in [0.15, 0.2) is 0 Å². The smallest absolute Gasteiger partial charge is 0.227 e. The molecule has 1 aromatic rings. The molecule has 0 bridgehead atoms. The van der Waals surface area contributed by atoms with Crippen molar-refractivity contribution >= 4 is 23.4 Å². The molecule has 1 saturated heterocycles. The Bertz CT molecular complexity index is 858. The van der Waals surface area contributed by atoms with Gasteiger partial charge in [0.05, 0.1) is 17.6 Å². The summed E-state index contributed by atoms with van der Waals surface area (Å²) in [5.41, 5.74) is -0.753. The summed E-state index contributed by atoms with van der Waals surface area (Å²) in [6.07, 6.45) is 4.46. The Morgan fingerprint density at radius 2 is 1.84 bits per heavy atom. The van der Waals surface area contributed by atoms with Crippen LogP contribution in [-0.4, -0.2) is 52.2 Å². The van der Waals surface area contributed by atoms with Gasteiger partial charge in [0, 0.05) is 35.5 Å². The maximum atomic E-state index is 13.5. The van der Waals surface area contributed by atoms with Crippen LogP contribution in [0.1, 0.15) is 64.4 Å². The van der Waals surface area contributed by atoms with Crippen molar-refractivity contribution < 1.29 is 19.8 Å². The first-order chi connectivity index (χ1) is 15.1. The van der Waals surface area contributed by atoms with Crippen molar-refractivity contribution in [3.8, 4) is 0 Å². The highest BCUT2D eigenvalue weighted by Gasteiger charge is 2.51. The number of hydrogen-bond donors (Lipinski definition) is 3. The van der Waals surface area contributed by atoms with Gasteiger partial charge in [-0.1, -0.05) is 44.0 Å². The lowest BCUT2D eigenvalue weighted by Gasteiger charge is -2.51. The minimum Gasteiger partial charge on any atom is -0.393 e. The van der Waals surface area contributed by atoms with E-state index in [0.717, 1.165) is 24.8 Å². The van der Waals surface area contributed by atoms with Crippen molar-refractivity contribution in [2.24, 2.45) is 17.3 Å². The molecule has 1 aliphatic heterocycles. The van der Waals surface area contributed by atoms with Crippen LogP contribution in [0, 0.1) is 17.3 Å². The van der Waals surface area contributed by atoms with E-state index in [-0.39, 0.29) is 35.8 Å². The summed E-state index contributed by atoms with van der Waals surface area (Å²) >= 11 is 6.03. The number of halogens is 1. The molecule has 2 saturated carbocycles. The highest BCUT2D eigenvalue weighted by atomic mass is 35.5. The zero-order valence-electron chi connectivity index (χ0n) is 19.0. The number of amides is 2. The Kier molecular flexibility index (Phi) is 6.59. The second kappa shape index (κ2) is 8.96. The number of aliphatic hydroxyl groups excluding tert-OH is 1. The van der Waals surface area contributed by atoms with Gasteiger partial charge in [-0.3, -0.25) is 9.59 Å². The molecular formula is C25H35ClN2O4. The van der Waals surface area contributed by atoms with Gasteiger partial charge >= 0.3 is 0 Å². The third kappa shape index (κ3) is 4.42. The number of likely N-dealkylation sites (tertiary alicyclic amines) is 1. The number of carbonyl (C=O) groups is 2. The molecule has 1 aromatic carbocycles. The summed E-state index contributed by atoms with van der Waals surface area (Å²) in [5.74, 6) is -0.319. The number of carbonyl (C=O) groups excluding carboxylic acids is 2. The first-order valence-corrected chi connectivity index (χ1v) is 12.2. The Morgan fingerprint density at radius 3 is 2.47 bits per heavy atom. The average molecular weight is 463 g/mol. The predicted octanol–water partition coefficient (Wildman–Crippen LogP) is 3.23. The Balaban J connectivity index is 1.42. The quantitative estimate of drug-likeness (QED) is 0.640. The molecule has 3 aliphatic rings. The van der Waals surface area contributed by atoms with Gasteiger partial charge in [-0.25, -0.2) is 0 Å². The molecule has 2 amide bonds. The van der Waals surface area contributed by atoms with E-state index in [1.54, 1.807) is 12.1 Å².